The van der Waals surface area contributed by atoms with E-state index in [1.165, 1.54) is 35.6 Å². The van der Waals surface area contributed by atoms with E-state index in [9.17, 15) is 20.0 Å². The Morgan fingerprint density at radius 2 is 2.15 bits per heavy atom. The van der Waals surface area contributed by atoms with E-state index in [1.807, 2.05) is 12.3 Å². The SMILES string of the molecule is Cc1nc(-c2c[nH]c(C(=O)NCC(O)c3ccc([N+](=O)[O-])cc3)c2)cs1. The van der Waals surface area contributed by atoms with Gasteiger partial charge in [-0.05, 0) is 30.7 Å². The molecule has 1 atom stereocenters. The number of hydrogen-bond donors (Lipinski definition) is 3. The molecule has 1 unspecified atom stereocenters. The first-order valence-electron chi connectivity index (χ1n) is 7.75. The lowest BCUT2D eigenvalue weighted by Gasteiger charge is -2.11. The Morgan fingerprint density at radius 3 is 2.77 bits per heavy atom. The Bertz CT molecular complexity index is 932. The second-order valence-corrected chi connectivity index (χ2v) is 6.69. The van der Waals surface area contributed by atoms with Gasteiger partial charge in [0.05, 0.1) is 21.7 Å². The molecule has 0 bridgehead atoms. The van der Waals surface area contributed by atoms with Crippen molar-refractivity contribution in [1.82, 2.24) is 15.3 Å². The van der Waals surface area contributed by atoms with Gasteiger partial charge in [0.1, 0.15) is 5.69 Å². The molecule has 0 fully saturated rings. The molecule has 2 aromatic heterocycles. The summed E-state index contributed by atoms with van der Waals surface area (Å²) in [6.07, 6.45) is 0.742. The number of hydrogen-bond acceptors (Lipinski definition) is 6. The molecular weight excluding hydrogens is 356 g/mol. The van der Waals surface area contributed by atoms with Crippen molar-refractivity contribution in [3.8, 4) is 11.3 Å². The van der Waals surface area contributed by atoms with Crippen molar-refractivity contribution in [3.05, 3.63) is 68.3 Å². The zero-order valence-electron chi connectivity index (χ0n) is 13.8. The minimum absolute atomic E-state index is 0.0131. The number of non-ortho nitro benzene ring substituents is 1. The molecule has 8 nitrogen and oxygen atoms in total. The maximum absolute atomic E-state index is 12.2. The average molecular weight is 372 g/mol. The first-order chi connectivity index (χ1) is 12.4. The molecule has 0 aliphatic carbocycles. The van der Waals surface area contributed by atoms with Crippen molar-refractivity contribution in [1.29, 1.82) is 0 Å². The Kier molecular flexibility index (Phi) is 5.10. The monoisotopic (exact) mass is 372 g/mol. The number of aromatic amines is 1. The standard InChI is InChI=1S/C17H16N4O4S/c1-10-20-15(9-26-10)12-6-14(18-7-12)17(23)19-8-16(22)11-2-4-13(5-3-11)21(24)25/h2-7,9,16,18,22H,8H2,1H3,(H,19,23). The molecule has 0 spiro atoms. The number of nitrogens with zero attached hydrogens (tertiary/aromatic N) is 2. The van der Waals surface area contributed by atoms with Gasteiger partial charge in [0.2, 0.25) is 0 Å². The fraction of sp³-hybridized carbons (Fsp3) is 0.176. The van der Waals surface area contributed by atoms with Crippen LogP contribution in [0.3, 0.4) is 0 Å². The summed E-state index contributed by atoms with van der Waals surface area (Å²) in [4.78, 5) is 29.6. The summed E-state index contributed by atoms with van der Waals surface area (Å²) in [5.74, 6) is -0.357. The van der Waals surface area contributed by atoms with E-state index >= 15 is 0 Å². The Morgan fingerprint density at radius 1 is 1.42 bits per heavy atom. The molecule has 3 aromatic rings. The molecule has 0 saturated heterocycles. The molecule has 0 aliphatic rings. The largest absolute Gasteiger partial charge is 0.387 e. The number of rotatable bonds is 6. The van der Waals surface area contributed by atoms with Crippen molar-refractivity contribution in [2.45, 2.75) is 13.0 Å². The Hall–Kier alpha value is -3.04. The molecule has 3 rings (SSSR count). The van der Waals surface area contributed by atoms with Gasteiger partial charge < -0.3 is 15.4 Å². The number of aliphatic hydroxyl groups excluding tert-OH is 1. The van der Waals surface area contributed by atoms with E-state index in [2.05, 4.69) is 15.3 Å². The number of nitrogens with one attached hydrogen (secondary N) is 2. The van der Waals surface area contributed by atoms with Gasteiger partial charge in [-0.15, -0.1) is 11.3 Å². The van der Waals surface area contributed by atoms with Crippen molar-refractivity contribution in [2.75, 3.05) is 6.54 Å². The number of aryl methyl sites for hydroxylation is 1. The lowest BCUT2D eigenvalue weighted by Crippen LogP contribution is -2.28. The molecule has 26 heavy (non-hydrogen) atoms. The van der Waals surface area contributed by atoms with Gasteiger partial charge in [-0.3, -0.25) is 14.9 Å². The fourth-order valence-corrected chi connectivity index (χ4v) is 3.01. The smallest absolute Gasteiger partial charge is 0.269 e. The lowest BCUT2D eigenvalue weighted by atomic mass is 10.1. The number of nitro groups is 1. The van der Waals surface area contributed by atoms with Gasteiger partial charge in [-0.2, -0.15) is 0 Å². The van der Waals surface area contributed by atoms with E-state index in [4.69, 9.17) is 0 Å². The number of benzene rings is 1. The predicted octanol–water partition coefficient (Wildman–Crippen LogP) is 2.82. The maximum atomic E-state index is 12.2. The molecule has 2 heterocycles. The number of amides is 1. The van der Waals surface area contributed by atoms with Crippen molar-refractivity contribution >= 4 is 22.9 Å². The van der Waals surface area contributed by atoms with E-state index in [-0.39, 0.29) is 18.1 Å². The second-order valence-electron chi connectivity index (χ2n) is 5.63. The third kappa shape index (κ3) is 3.95. The van der Waals surface area contributed by atoms with Crippen LogP contribution in [0.4, 0.5) is 5.69 Å². The zero-order valence-corrected chi connectivity index (χ0v) is 14.6. The van der Waals surface area contributed by atoms with Crippen molar-refractivity contribution < 1.29 is 14.8 Å². The molecule has 3 N–H and O–H groups in total. The first-order valence-corrected chi connectivity index (χ1v) is 8.63. The van der Waals surface area contributed by atoms with Crippen LogP contribution in [0.15, 0.2) is 41.9 Å². The summed E-state index contributed by atoms with van der Waals surface area (Å²) >= 11 is 1.53. The van der Waals surface area contributed by atoms with Crippen LogP contribution < -0.4 is 5.32 Å². The van der Waals surface area contributed by atoms with Gasteiger partial charge >= 0.3 is 0 Å². The van der Waals surface area contributed by atoms with Gasteiger partial charge in [-0.25, -0.2) is 4.98 Å². The number of thiazole rings is 1. The minimum atomic E-state index is -0.963. The highest BCUT2D eigenvalue weighted by molar-refractivity contribution is 7.09. The number of aliphatic hydroxyl groups is 1. The summed E-state index contributed by atoms with van der Waals surface area (Å²) in [6.45, 7) is 1.90. The highest BCUT2D eigenvalue weighted by Gasteiger charge is 2.14. The highest BCUT2D eigenvalue weighted by atomic mass is 32.1. The average Bonchev–Trinajstić information content (AvgIpc) is 3.28. The van der Waals surface area contributed by atoms with Crippen LogP contribution in [0.25, 0.3) is 11.3 Å². The highest BCUT2D eigenvalue weighted by Crippen LogP contribution is 2.22. The molecule has 134 valence electrons. The van der Waals surface area contributed by atoms with Crippen molar-refractivity contribution in [2.24, 2.45) is 0 Å². The Balaban J connectivity index is 1.60. The summed E-state index contributed by atoms with van der Waals surface area (Å²) < 4.78 is 0. The van der Waals surface area contributed by atoms with Crippen LogP contribution in [0.5, 0.6) is 0 Å². The summed E-state index contributed by atoms with van der Waals surface area (Å²) in [7, 11) is 0. The van der Waals surface area contributed by atoms with Gasteiger partial charge in [0.15, 0.2) is 0 Å². The van der Waals surface area contributed by atoms with Gasteiger partial charge in [-0.1, -0.05) is 0 Å². The quantitative estimate of drug-likeness (QED) is 0.454. The lowest BCUT2D eigenvalue weighted by molar-refractivity contribution is -0.384. The fourth-order valence-electron chi connectivity index (χ4n) is 2.39. The molecule has 1 amide bonds. The van der Waals surface area contributed by atoms with Crippen LogP contribution in [-0.2, 0) is 0 Å². The van der Waals surface area contributed by atoms with Crippen LogP contribution >= 0.6 is 11.3 Å². The van der Waals surface area contributed by atoms with Crippen LogP contribution in [-0.4, -0.2) is 32.4 Å². The van der Waals surface area contributed by atoms with Gasteiger partial charge in [0, 0.05) is 35.8 Å². The molecule has 0 saturated carbocycles. The Labute approximate surface area is 152 Å². The molecule has 9 heteroatoms. The van der Waals surface area contributed by atoms with E-state index in [1.54, 1.807) is 12.3 Å². The second kappa shape index (κ2) is 7.46. The summed E-state index contributed by atoms with van der Waals surface area (Å²) in [5, 5.41) is 26.3. The minimum Gasteiger partial charge on any atom is -0.387 e. The third-order valence-electron chi connectivity index (χ3n) is 3.79. The summed E-state index contributed by atoms with van der Waals surface area (Å²) in [5.41, 5.74) is 2.41. The van der Waals surface area contributed by atoms with Crippen LogP contribution in [0, 0.1) is 17.0 Å². The summed E-state index contributed by atoms with van der Waals surface area (Å²) in [6, 6.07) is 7.25. The number of carbonyl (C=O) groups excluding carboxylic acids is 1. The van der Waals surface area contributed by atoms with E-state index in [0.29, 0.717) is 11.3 Å². The van der Waals surface area contributed by atoms with Crippen LogP contribution in [0.2, 0.25) is 0 Å². The maximum Gasteiger partial charge on any atom is 0.269 e. The first kappa shape index (κ1) is 17.8. The topological polar surface area (TPSA) is 121 Å². The van der Waals surface area contributed by atoms with Crippen molar-refractivity contribution in [3.63, 3.8) is 0 Å². The predicted molar refractivity (Wildman–Crippen MR) is 97.0 cm³/mol. The van der Waals surface area contributed by atoms with E-state index in [0.717, 1.165) is 16.3 Å². The van der Waals surface area contributed by atoms with E-state index < -0.39 is 11.0 Å². The normalized spacial score (nSPS) is 11.9. The zero-order chi connectivity index (χ0) is 18.7. The molecule has 0 radical (unpaired) electrons. The molecule has 1 aromatic carbocycles. The molecule has 0 aliphatic heterocycles. The van der Waals surface area contributed by atoms with Gasteiger partial charge in [0.25, 0.3) is 11.6 Å². The number of H-pyrrole nitrogens is 1. The number of aromatic nitrogens is 2. The number of nitro benzene ring substituents is 1. The molecular formula is C17H16N4O4S. The number of carbonyl (C=O) groups is 1. The van der Waals surface area contributed by atoms with Crippen LogP contribution in [0.1, 0.15) is 27.2 Å². The third-order valence-corrected chi connectivity index (χ3v) is 4.56.